The Morgan fingerprint density at radius 3 is 2.60 bits per heavy atom. The summed E-state index contributed by atoms with van der Waals surface area (Å²) in [5.41, 5.74) is 2.45. The third kappa shape index (κ3) is 4.77. The quantitative estimate of drug-likeness (QED) is 0.415. The second kappa shape index (κ2) is 9.73. The number of imide groups is 1. The number of aromatic nitrogens is 1. The Morgan fingerprint density at radius 1 is 1.06 bits per heavy atom. The van der Waals surface area contributed by atoms with Crippen molar-refractivity contribution in [2.45, 2.75) is 13.1 Å². The van der Waals surface area contributed by atoms with Crippen LogP contribution in [0.15, 0.2) is 54.4 Å². The Morgan fingerprint density at radius 2 is 1.83 bits per heavy atom. The molecule has 0 atom stereocenters. The molecule has 0 bridgehead atoms. The summed E-state index contributed by atoms with van der Waals surface area (Å²) in [5, 5.41) is 4.28. The van der Waals surface area contributed by atoms with E-state index in [1.807, 2.05) is 35.0 Å². The minimum absolute atomic E-state index is 0.00584. The van der Waals surface area contributed by atoms with E-state index in [0.717, 1.165) is 21.4 Å². The first kappa shape index (κ1) is 23.4. The van der Waals surface area contributed by atoms with E-state index in [0.29, 0.717) is 41.9 Å². The van der Waals surface area contributed by atoms with Crippen molar-refractivity contribution >= 4 is 58.0 Å². The van der Waals surface area contributed by atoms with E-state index in [1.54, 1.807) is 29.2 Å². The maximum absolute atomic E-state index is 13.0. The molecule has 1 aromatic heterocycles. The smallest absolute Gasteiger partial charge is 0.329 e. The van der Waals surface area contributed by atoms with Gasteiger partial charge in [0.05, 0.1) is 29.8 Å². The molecule has 4 amide bonds. The Labute approximate surface area is 211 Å². The lowest BCUT2D eigenvalue weighted by Gasteiger charge is -2.27. The van der Waals surface area contributed by atoms with Crippen molar-refractivity contribution in [2.24, 2.45) is 0 Å². The van der Waals surface area contributed by atoms with Crippen LogP contribution in [0.1, 0.15) is 11.1 Å². The fraction of sp³-hybridized carbons (Fsp3) is 0.240. The van der Waals surface area contributed by atoms with Crippen LogP contribution < -0.4 is 5.32 Å². The van der Waals surface area contributed by atoms with Gasteiger partial charge in [-0.1, -0.05) is 47.5 Å². The number of rotatable bonds is 5. The van der Waals surface area contributed by atoms with Gasteiger partial charge in [0.2, 0.25) is 5.91 Å². The zero-order valence-electron chi connectivity index (χ0n) is 18.7. The first-order valence-corrected chi connectivity index (χ1v) is 11.9. The number of para-hydroxylation sites is 1. The summed E-state index contributed by atoms with van der Waals surface area (Å²) in [6, 6.07) is 12.1. The van der Waals surface area contributed by atoms with Crippen molar-refractivity contribution in [3.63, 3.8) is 0 Å². The van der Waals surface area contributed by atoms with Gasteiger partial charge in [-0.2, -0.15) is 0 Å². The van der Waals surface area contributed by atoms with Gasteiger partial charge in [0, 0.05) is 35.8 Å². The number of carbonyl (C=O) groups is 3. The van der Waals surface area contributed by atoms with Gasteiger partial charge in [-0.25, -0.2) is 4.79 Å². The molecule has 10 heteroatoms. The molecule has 5 rings (SSSR count). The van der Waals surface area contributed by atoms with Crippen LogP contribution in [-0.2, 0) is 27.4 Å². The topological polar surface area (TPSA) is 83.9 Å². The molecule has 2 aliphatic heterocycles. The number of halogens is 2. The molecule has 180 valence electrons. The minimum Gasteiger partial charge on any atom is -0.378 e. The average Bonchev–Trinajstić information content (AvgIpc) is 3.34. The van der Waals surface area contributed by atoms with Crippen LogP contribution in [0.2, 0.25) is 10.0 Å². The van der Waals surface area contributed by atoms with Crippen LogP contribution in [0.5, 0.6) is 0 Å². The molecule has 3 aromatic rings. The van der Waals surface area contributed by atoms with Gasteiger partial charge >= 0.3 is 6.03 Å². The predicted molar refractivity (Wildman–Crippen MR) is 133 cm³/mol. The fourth-order valence-corrected chi connectivity index (χ4v) is 4.59. The highest BCUT2D eigenvalue weighted by Crippen LogP contribution is 2.27. The molecule has 0 saturated carbocycles. The number of carbonyl (C=O) groups excluding carboxylic acids is 3. The number of ether oxygens (including phenoxy) is 1. The zero-order chi connectivity index (χ0) is 24.5. The molecular formula is C25H22Cl2N4O4. The highest BCUT2D eigenvalue weighted by Gasteiger charge is 2.34. The average molecular weight is 513 g/mol. The lowest BCUT2D eigenvalue weighted by Crippen LogP contribution is -2.42. The van der Waals surface area contributed by atoms with Crippen LogP contribution in [0.4, 0.5) is 4.79 Å². The van der Waals surface area contributed by atoms with Crippen molar-refractivity contribution in [3.05, 3.63) is 75.5 Å². The van der Waals surface area contributed by atoms with Crippen LogP contribution in [0.3, 0.4) is 0 Å². The lowest BCUT2D eigenvalue weighted by molar-refractivity contribution is -0.135. The van der Waals surface area contributed by atoms with E-state index >= 15 is 0 Å². The number of fused-ring (bicyclic) bond motifs is 1. The first-order valence-electron chi connectivity index (χ1n) is 11.1. The standard InChI is InChI=1S/C25H22Cl2N4O4/c26-19-6-5-16(11-20(19)27)13-31-24(33)21(28-25(31)34)12-17-14-30(22-4-2-1-3-18(17)22)15-23(32)29-7-9-35-10-8-29/h1-6,11-12,14H,7-10,13,15H2,(H,28,34)/b21-12-. The highest BCUT2D eigenvalue weighted by atomic mass is 35.5. The summed E-state index contributed by atoms with van der Waals surface area (Å²) < 4.78 is 7.20. The number of morpholine rings is 1. The van der Waals surface area contributed by atoms with E-state index < -0.39 is 11.9 Å². The number of amides is 4. The molecule has 2 aliphatic rings. The third-order valence-electron chi connectivity index (χ3n) is 6.08. The lowest BCUT2D eigenvalue weighted by atomic mass is 10.1. The summed E-state index contributed by atoms with van der Waals surface area (Å²) in [5.74, 6) is -0.436. The second-order valence-corrected chi connectivity index (χ2v) is 9.16. The highest BCUT2D eigenvalue weighted by molar-refractivity contribution is 6.42. The molecule has 2 fully saturated rings. The van der Waals surface area contributed by atoms with Gasteiger partial charge in [0.15, 0.2) is 0 Å². The number of hydrogen-bond donors (Lipinski definition) is 1. The van der Waals surface area contributed by atoms with Crippen LogP contribution in [-0.4, -0.2) is 58.5 Å². The van der Waals surface area contributed by atoms with E-state index in [4.69, 9.17) is 27.9 Å². The maximum atomic E-state index is 13.0. The molecule has 2 aromatic carbocycles. The van der Waals surface area contributed by atoms with Gasteiger partial charge < -0.3 is 19.5 Å². The van der Waals surface area contributed by atoms with Crippen LogP contribution in [0, 0.1) is 0 Å². The van der Waals surface area contributed by atoms with Gasteiger partial charge in [-0.3, -0.25) is 14.5 Å². The zero-order valence-corrected chi connectivity index (χ0v) is 20.2. The molecule has 0 unspecified atom stereocenters. The van der Waals surface area contributed by atoms with E-state index in [1.165, 1.54) is 0 Å². The van der Waals surface area contributed by atoms with Crippen molar-refractivity contribution < 1.29 is 19.1 Å². The number of hydrogen-bond acceptors (Lipinski definition) is 4. The Balaban J connectivity index is 1.40. The number of nitrogens with zero attached hydrogens (tertiary/aromatic N) is 3. The third-order valence-corrected chi connectivity index (χ3v) is 6.81. The molecule has 2 saturated heterocycles. The molecule has 35 heavy (non-hydrogen) atoms. The van der Waals surface area contributed by atoms with Crippen molar-refractivity contribution in [1.29, 1.82) is 0 Å². The summed E-state index contributed by atoms with van der Waals surface area (Å²) in [7, 11) is 0. The SMILES string of the molecule is O=C(Cn1cc(/C=C2\NC(=O)N(Cc3ccc(Cl)c(Cl)c3)C2=O)c2ccccc21)N1CCOCC1. The predicted octanol–water partition coefficient (Wildman–Crippen LogP) is 3.90. The Kier molecular flexibility index (Phi) is 6.51. The van der Waals surface area contributed by atoms with Gasteiger partial charge in [-0.05, 0) is 29.8 Å². The normalized spacial score (nSPS) is 17.5. The Bertz CT molecular complexity index is 1360. The maximum Gasteiger partial charge on any atom is 0.329 e. The van der Waals surface area contributed by atoms with Crippen LogP contribution in [0.25, 0.3) is 17.0 Å². The Hall–Kier alpha value is -3.33. The second-order valence-electron chi connectivity index (χ2n) is 8.35. The van der Waals surface area contributed by atoms with Gasteiger partial charge in [0.25, 0.3) is 5.91 Å². The van der Waals surface area contributed by atoms with Crippen molar-refractivity contribution in [2.75, 3.05) is 26.3 Å². The van der Waals surface area contributed by atoms with Crippen LogP contribution >= 0.6 is 23.2 Å². The molecule has 8 nitrogen and oxygen atoms in total. The molecule has 0 spiro atoms. The van der Waals surface area contributed by atoms with E-state index in [-0.39, 0.29) is 24.7 Å². The molecule has 3 heterocycles. The summed E-state index contributed by atoms with van der Waals surface area (Å²) >= 11 is 12.0. The first-order chi connectivity index (χ1) is 16.9. The van der Waals surface area contributed by atoms with Crippen molar-refractivity contribution in [3.8, 4) is 0 Å². The summed E-state index contributed by atoms with van der Waals surface area (Å²) in [4.78, 5) is 41.3. The molecule has 0 radical (unpaired) electrons. The van der Waals surface area contributed by atoms with Gasteiger partial charge in [0.1, 0.15) is 12.2 Å². The number of nitrogens with one attached hydrogen (secondary N) is 1. The van der Waals surface area contributed by atoms with Crippen molar-refractivity contribution in [1.82, 2.24) is 19.7 Å². The molecular weight excluding hydrogens is 491 g/mol. The monoisotopic (exact) mass is 512 g/mol. The van der Waals surface area contributed by atoms with E-state index in [9.17, 15) is 14.4 Å². The number of urea groups is 1. The number of benzene rings is 2. The van der Waals surface area contributed by atoms with Gasteiger partial charge in [-0.15, -0.1) is 0 Å². The van der Waals surface area contributed by atoms with E-state index in [2.05, 4.69) is 5.32 Å². The minimum atomic E-state index is -0.515. The largest absolute Gasteiger partial charge is 0.378 e. The molecule has 1 N–H and O–H groups in total. The molecule has 0 aliphatic carbocycles. The summed E-state index contributed by atoms with van der Waals surface area (Å²) in [6.07, 6.45) is 3.48. The fourth-order valence-electron chi connectivity index (χ4n) is 4.27. The summed E-state index contributed by atoms with van der Waals surface area (Å²) in [6.45, 7) is 2.46.